The lowest BCUT2D eigenvalue weighted by Gasteiger charge is -2.28. The Morgan fingerprint density at radius 2 is 1.52 bits per heavy atom. The fourth-order valence-corrected chi connectivity index (χ4v) is 9.52. The molecule has 2 heteroatoms. The molecule has 0 spiro atoms. The third-order valence-corrected chi connectivity index (χ3v) is 10.5. The zero-order chi connectivity index (χ0) is 18.7. The van der Waals surface area contributed by atoms with Crippen LogP contribution in [0.1, 0.15) is 6.42 Å². The lowest BCUT2D eigenvalue weighted by atomic mass is 10.2. The van der Waals surface area contributed by atoms with Crippen molar-refractivity contribution >= 4 is 26.5 Å². The molecule has 0 fully saturated rings. The van der Waals surface area contributed by atoms with Crippen molar-refractivity contribution in [2.24, 2.45) is 0 Å². The van der Waals surface area contributed by atoms with E-state index in [1.165, 1.54) is 16.5 Å². The van der Waals surface area contributed by atoms with Crippen LogP contribution in [-0.2, 0) is 0 Å². The maximum atomic E-state index is 3.76. The summed E-state index contributed by atoms with van der Waals surface area (Å²) >= 11 is 0. The number of allylic oxidation sites excluding steroid dienone is 8. The van der Waals surface area contributed by atoms with Crippen molar-refractivity contribution in [3.8, 4) is 0 Å². The summed E-state index contributed by atoms with van der Waals surface area (Å²) in [4.78, 5) is 0. The molecule has 136 valence electrons. The molecule has 0 heterocycles. The normalized spacial score (nSPS) is 17.7. The van der Waals surface area contributed by atoms with Crippen LogP contribution in [0, 0.1) is 0 Å². The second-order valence-electron chi connectivity index (χ2n) is 6.33. The van der Waals surface area contributed by atoms with Gasteiger partial charge in [0.05, 0.1) is 0 Å². The van der Waals surface area contributed by atoms with Gasteiger partial charge in [0.15, 0.2) is 0 Å². The molecule has 0 saturated heterocycles. The topological polar surface area (TPSA) is 0 Å². The fraction of sp³-hybridized carbons (Fsp3) is 0.120. The minimum atomic E-state index is -0.364. The monoisotopic (exact) mass is 388 g/mol. The van der Waals surface area contributed by atoms with E-state index in [-0.39, 0.29) is 15.8 Å². The van der Waals surface area contributed by atoms with Crippen LogP contribution in [0.4, 0.5) is 0 Å². The predicted octanol–water partition coefficient (Wildman–Crippen LogP) is 6.70. The molecule has 2 unspecified atom stereocenters. The Morgan fingerprint density at radius 3 is 2.07 bits per heavy atom. The van der Waals surface area contributed by atoms with E-state index >= 15 is 0 Å². The first-order valence-corrected chi connectivity index (χ1v) is 12.5. The van der Waals surface area contributed by atoms with Crippen molar-refractivity contribution in [2.45, 2.75) is 12.1 Å². The van der Waals surface area contributed by atoms with Gasteiger partial charge in [0.25, 0.3) is 0 Å². The largest absolute Gasteiger partial charge is 0.0991 e. The molecule has 0 N–H and O–H groups in total. The average molecular weight is 388 g/mol. The van der Waals surface area contributed by atoms with Gasteiger partial charge >= 0.3 is 0 Å². The van der Waals surface area contributed by atoms with Gasteiger partial charge in [-0.25, -0.2) is 0 Å². The van der Waals surface area contributed by atoms with Gasteiger partial charge in [-0.3, -0.25) is 0 Å². The lowest BCUT2D eigenvalue weighted by Crippen LogP contribution is -2.15. The summed E-state index contributed by atoms with van der Waals surface area (Å²) in [7, 11) is -0.622. The molecule has 2 aromatic rings. The maximum Gasteiger partial charge on any atom is 0.00460 e. The van der Waals surface area contributed by atoms with Gasteiger partial charge in [-0.15, -0.1) is 0 Å². The Labute approximate surface area is 166 Å². The molecule has 0 bridgehead atoms. The number of hydrogen-bond acceptors (Lipinski definition) is 0. The van der Waals surface area contributed by atoms with E-state index in [1.807, 2.05) is 12.2 Å². The van der Waals surface area contributed by atoms with Crippen LogP contribution in [0.3, 0.4) is 0 Å². The Hall–Kier alpha value is -2.00. The Bertz CT molecular complexity index is 776. The first-order chi connectivity index (χ1) is 13.4. The van der Waals surface area contributed by atoms with Crippen molar-refractivity contribution in [3.63, 3.8) is 0 Å². The summed E-state index contributed by atoms with van der Waals surface area (Å²) in [5.41, 5.74) is 0.621. The Balaban J connectivity index is 1.90. The van der Waals surface area contributed by atoms with Crippen molar-refractivity contribution < 1.29 is 0 Å². The summed E-state index contributed by atoms with van der Waals surface area (Å²) in [6, 6.07) is 22.1. The second kappa shape index (κ2) is 11.0. The van der Waals surface area contributed by atoms with Gasteiger partial charge in [-0.05, 0) is 25.0 Å². The smallest absolute Gasteiger partial charge is 0.00460 e. The number of rotatable bonds is 8. The highest BCUT2D eigenvalue weighted by molar-refractivity contribution is 7.84. The highest BCUT2D eigenvalue weighted by Gasteiger charge is 2.23. The van der Waals surface area contributed by atoms with E-state index in [9.17, 15) is 0 Å². The summed E-state index contributed by atoms with van der Waals surface area (Å²) in [5, 5.41) is 2.94. The van der Waals surface area contributed by atoms with Crippen LogP contribution >= 0.6 is 15.8 Å². The quantitative estimate of drug-likeness (QED) is 0.349. The van der Waals surface area contributed by atoms with Crippen LogP contribution in [0.25, 0.3) is 0 Å². The van der Waals surface area contributed by atoms with Gasteiger partial charge in [0.1, 0.15) is 0 Å². The first-order valence-electron chi connectivity index (χ1n) is 9.31. The molecule has 2 atom stereocenters. The minimum Gasteiger partial charge on any atom is -0.0991 e. The first kappa shape index (κ1) is 19.8. The molecule has 2 aromatic carbocycles. The molecular weight excluding hydrogens is 362 g/mol. The van der Waals surface area contributed by atoms with E-state index in [0.717, 1.165) is 6.42 Å². The molecule has 27 heavy (non-hydrogen) atoms. The molecular formula is C25H26P2. The predicted molar refractivity (Wildman–Crippen MR) is 126 cm³/mol. The van der Waals surface area contributed by atoms with Gasteiger partial charge in [-0.1, -0.05) is 130 Å². The van der Waals surface area contributed by atoms with Gasteiger partial charge in [0, 0.05) is 11.6 Å². The van der Waals surface area contributed by atoms with Gasteiger partial charge < -0.3 is 0 Å². The van der Waals surface area contributed by atoms with Gasteiger partial charge in [0.2, 0.25) is 0 Å². The lowest BCUT2D eigenvalue weighted by molar-refractivity contribution is 1.04. The van der Waals surface area contributed by atoms with E-state index < -0.39 is 0 Å². The summed E-state index contributed by atoms with van der Waals surface area (Å²) in [5.74, 6) is 3.67. The van der Waals surface area contributed by atoms with E-state index in [4.69, 9.17) is 0 Å². The zero-order valence-corrected chi connectivity index (χ0v) is 17.4. The number of hydrogen-bond donors (Lipinski definition) is 0. The summed E-state index contributed by atoms with van der Waals surface area (Å²) in [6.07, 6.45) is 18.4. The molecule has 0 nitrogen and oxygen atoms in total. The van der Waals surface area contributed by atoms with Gasteiger partial charge in [-0.2, -0.15) is 0 Å². The van der Waals surface area contributed by atoms with E-state index in [0.29, 0.717) is 5.66 Å². The van der Waals surface area contributed by atoms with Crippen LogP contribution < -0.4 is 10.6 Å². The van der Waals surface area contributed by atoms with Crippen LogP contribution in [0.15, 0.2) is 122 Å². The van der Waals surface area contributed by atoms with Crippen molar-refractivity contribution in [2.75, 3.05) is 5.90 Å². The van der Waals surface area contributed by atoms with E-state index in [1.54, 1.807) is 0 Å². The standard InChI is InChI=1S/C25H26P2/c1-2-3-4-14-21-26(23-15-8-5-9-16-23)22-27(24-17-10-6-11-18-24)25-19-12-7-13-20-25/h2-15,17-21,23H,1,16,22H2/b4-3-,21-14+. The molecule has 0 radical (unpaired) electrons. The molecule has 3 rings (SSSR count). The highest BCUT2D eigenvalue weighted by atomic mass is 31.2. The maximum absolute atomic E-state index is 3.76. The average Bonchev–Trinajstić information content (AvgIpc) is 2.75. The zero-order valence-electron chi connectivity index (χ0n) is 15.6. The minimum absolute atomic E-state index is 0.257. The molecule has 0 amide bonds. The van der Waals surface area contributed by atoms with Crippen LogP contribution in [0.5, 0.6) is 0 Å². The Morgan fingerprint density at radius 1 is 0.852 bits per heavy atom. The molecule has 1 aliphatic carbocycles. The molecule has 0 saturated carbocycles. The number of benzene rings is 2. The van der Waals surface area contributed by atoms with Crippen LogP contribution in [-0.4, -0.2) is 11.6 Å². The van der Waals surface area contributed by atoms with Crippen molar-refractivity contribution in [3.05, 3.63) is 122 Å². The second-order valence-corrected chi connectivity index (χ2v) is 11.3. The molecule has 0 aromatic heterocycles. The third-order valence-electron chi connectivity index (χ3n) is 4.46. The highest BCUT2D eigenvalue weighted by Crippen LogP contribution is 2.55. The third kappa shape index (κ3) is 6.00. The van der Waals surface area contributed by atoms with Crippen molar-refractivity contribution in [1.29, 1.82) is 0 Å². The molecule has 1 aliphatic rings. The molecule has 0 aliphatic heterocycles. The summed E-state index contributed by atoms with van der Waals surface area (Å²) < 4.78 is 0. The fourth-order valence-electron chi connectivity index (χ4n) is 3.07. The Kier molecular flexibility index (Phi) is 8.03. The van der Waals surface area contributed by atoms with E-state index in [2.05, 4.69) is 110 Å². The SMILES string of the molecule is C=C/C=C\C=C\P(CP(c1ccccc1)c1ccccc1)C1C=CC=CC1. The van der Waals surface area contributed by atoms with Crippen molar-refractivity contribution in [1.82, 2.24) is 0 Å². The van der Waals surface area contributed by atoms with Crippen LogP contribution in [0.2, 0.25) is 0 Å². The summed E-state index contributed by atoms with van der Waals surface area (Å²) in [6.45, 7) is 3.76.